The maximum absolute atomic E-state index is 11.4. The van der Waals surface area contributed by atoms with Crippen LogP contribution in [-0.2, 0) is 7.05 Å². The van der Waals surface area contributed by atoms with E-state index in [4.69, 9.17) is 0 Å². The van der Waals surface area contributed by atoms with Crippen molar-refractivity contribution in [3.63, 3.8) is 0 Å². The highest BCUT2D eigenvalue weighted by Crippen LogP contribution is 2.25. The van der Waals surface area contributed by atoms with E-state index in [0.29, 0.717) is 17.3 Å². The molecular weight excluding hydrogens is 232 g/mol. The van der Waals surface area contributed by atoms with Gasteiger partial charge in [-0.2, -0.15) is 5.10 Å². The van der Waals surface area contributed by atoms with Crippen LogP contribution in [0.3, 0.4) is 0 Å². The highest BCUT2D eigenvalue weighted by Gasteiger charge is 2.28. The maximum Gasteiger partial charge on any atom is 0.341 e. The van der Waals surface area contributed by atoms with Crippen molar-refractivity contribution >= 4 is 11.8 Å². The Morgan fingerprint density at radius 2 is 2.06 bits per heavy atom. The van der Waals surface area contributed by atoms with Crippen molar-refractivity contribution in [2.75, 3.05) is 31.6 Å². The van der Waals surface area contributed by atoms with Gasteiger partial charge in [-0.3, -0.25) is 4.68 Å². The van der Waals surface area contributed by atoms with Crippen LogP contribution in [0.1, 0.15) is 23.0 Å². The minimum Gasteiger partial charge on any atom is -0.477 e. The first-order valence-electron chi connectivity index (χ1n) is 6.14. The SMILES string of the molecule is Cc1nn(C)c(N2CCN(C)C(C)C2)c1C(=O)O. The van der Waals surface area contributed by atoms with Crippen molar-refractivity contribution < 1.29 is 9.90 Å². The molecule has 100 valence electrons. The van der Waals surface area contributed by atoms with Crippen LogP contribution in [0.4, 0.5) is 5.82 Å². The number of likely N-dealkylation sites (N-methyl/N-ethyl adjacent to an activating group) is 1. The minimum absolute atomic E-state index is 0.328. The first-order valence-corrected chi connectivity index (χ1v) is 6.14. The molecule has 1 aromatic rings. The highest BCUT2D eigenvalue weighted by molar-refractivity contribution is 5.94. The van der Waals surface area contributed by atoms with Gasteiger partial charge in [-0.1, -0.05) is 0 Å². The smallest absolute Gasteiger partial charge is 0.341 e. The molecule has 1 aliphatic rings. The molecule has 0 aromatic carbocycles. The van der Waals surface area contributed by atoms with E-state index >= 15 is 0 Å². The van der Waals surface area contributed by atoms with Crippen LogP contribution in [0.25, 0.3) is 0 Å². The summed E-state index contributed by atoms with van der Waals surface area (Å²) < 4.78 is 1.68. The molecule has 0 radical (unpaired) electrons. The van der Waals surface area contributed by atoms with E-state index in [-0.39, 0.29) is 0 Å². The molecule has 0 saturated carbocycles. The molecule has 2 heterocycles. The standard InChI is InChI=1S/C12H20N4O2/c1-8-7-16(6-5-14(8)3)11-10(12(17)18)9(2)13-15(11)4/h8H,5-7H2,1-4H3,(H,17,18). The quantitative estimate of drug-likeness (QED) is 0.833. The molecular formula is C12H20N4O2. The van der Waals surface area contributed by atoms with E-state index in [1.807, 2.05) is 0 Å². The Morgan fingerprint density at radius 3 is 2.61 bits per heavy atom. The number of rotatable bonds is 2. The van der Waals surface area contributed by atoms with Gasteiger partial charge in [-0.05, 0) is 20.9 Å². The Labute approximate surface area is 107 Å². The van der Waals surface area contributed by atoms with Crippen LogP contribution in [0, 0.1) is 6.92 Å². The number of aryl methyl sites for hydroxylation is 2. The van der Waals surface area contributed by atoms with Gasteiger partial charge in [0.1, 0.15) is 11.4 Å². The zero-order valence-corrected chi connectivity index (χ0v) is 11.3. The molecule has 1 saturated heterocycles. The summed E-state index contributed by atoms with van der Waals surface area (Å²) in [7, 11) is 3.90. The molecule has 1 aromatic heterocycles. The summed E-state index contributed by atoms with van der Waals surface area (Å²) in [6.45, 7) is 6.49. The second-order valence-corrected chi connectivity index (χ2v) is 4.99. The lowest BCUT2D eigenvalue weighted by Crippen LogP contribution is -2.51. The molecule has 1 aliphatic heterocycles. The number of hydrogen-bond acceptors (Lipinski definition) is 4. The third kappa shape index (κ3) is 2.08. The molecule has 0 bridgehead atoms. The van der Waals surface area contributed by atoms with Gasteiger partial charge in [0.15, 0.2) is 0 Å². The summed E-state index contributed by atoms with van der Waals surface area (Å²) in [5.41, 5.74) is 0.904. The fourth-order valence-corrected chi connectivity index (χ4v) is 2.50. The number of nitrogens with zero attached hydrogens (tertiary/aromatic N) is 4. The average molecular weight is 252 g/mol. The van der Waals surface area contributed by atoms with E-state index in [2.05, 4.69) is 28.9 Å². The topological polar surface area (TPSA) is 61.6 Å². The predicted octanol–water partition coefficient (Wildman–Crippen LogP) is 0.567. The molecule has 2 rings (SSSR count). The number of aromatic nitrogens is 2. The fourth-order valence-electron chi connectivity index (χ4n) is 2.50. The highest BCUT2D eigenvalue weighted by atomic mass is 16.4. The molecule has 0 amide bonds. The second-order valence-electron chi connectivity index (χ2n) is 4.99. The number of carboxylic acid groups (broad SMARTS) is 1. The average Bonchev–Trinajstić information content (AvgIpc) is 2.57. The van der Waals surface area contributed by atoms with Crippen molar-refractivity contribution in [3.05, 3.63) is 11.3 Å². The van der Waals surface area contributed by atoms with E-state index in [1.165, 1.54) is 0 Å². The van der Waals surface area contributed by atoms with Crippen molar-refractivity contribution in [3.8, 4) is 0 Å². The van der Waals surface area contributed by atoms with Crippen molar-refractivity contribution in [2.45, 2.75) is 19.9 Å². The summed E-state index contributed by atoms with van der Waals surface area (Å²) in [5, 5.41) is 13.6. The first-order chi connectivity index (χ1) is 8.41. The summed E-state index contributed by atoms with van der Waals surface area (Å²) in [6.07, 6.45) is 0. The predicted molar refractivity (Wildman–Crippen MR) is 69.2 cm³/mol. The molecule has 6 nitrogen and oxygen atoms in total. The Morgan fingerprint density at radius 1 is 1.39 bits per heavy atom. The summed E-state index contributed by atoms with van der Waals surface area (Å²) in [4.78, 5) is 15.8. The van der Waals surface area contributed by atoms with Gasteiger partial charge in [0, 0.05) is 32.7 Å². The van der Waals surface area contributed by atoms with E-state index in [1.54, 1.807) is 18.7 Å². The molecule has 6 heteroatoms. The van der Waals surface area contributed by atoms with Crippen LogP contribution in [0.5, 0.6) is 0 Å². The van der Waals surface area contributed by atoms with Crippen LogP contribution in [-0.4, -0.2) is 58.5 Å². The number of anilines is 1. The van der Waals surface area contributed by atoms with Gasteiger partial charge in [-0.25, -0.2) is 4.79 Å². The van der Waals surface area contributed by atoms with E-state index in [0.717, 1.165) is 25.5 Å². The summed E-state index contributed by atoms with van der Waals surface area (Å²) >= 11 is 0. The molecule has 1 fully saturated rings. The summed E-state index contributed by atoms with van der Waals surface area (Å²) in [5.74, 6) is -0.179. The number of carbonyl (C=O) groups is 1. The molecule has 1 N–H and O–H groups in total. The van der Waals surface area contributed by atoms with Gasteiger partial charge in [-0.15, -0.1) is 0 Å². The van der Waals surface area contributed by atoms with Crippen LogP contribution in [0.15, 0.2) is 0 Å². The van der Waals surface area contributed by atoms with Gasteiger partial charge in [0.25, 0.3) is 0 Å². The van der Waals surface area contributed by atoms with Gasteiger partial charge < -0.3 is 14.9 Å². The number of carboxylic acids is 1. The number of hydrogen-bond donors (Lipinski definition) is 1. The largest absolute Gasteiger partial charge is 0.477 e. The Hall–Kier alpha value is -1.56. The monoisotopic (exact) mass is 252 g/mol. The van der Waals surface area contributed by atoms with Crippen molar-refractivity contribution in [2.24, 2.45) is 7.05 Å². The minimum atomic E-state index is -0.901. The first kappa shape index (κ1) is 12.9. The molecule has 18 heavy (non-hydrogen) atoms. The second kappa shape index (κ2) is 4.61. The van der Waals surface area contributed by atoms with E-state index < -0.39 is 5.97 Å². The van der Waals surface area contributed by atoms with Crippen LogP contribution in [0.2, 0.25) is 0 Å². The van der Waals surface area contributed by atoms with Crippen molar-refractivity contribution in [1.29, 1.82) is 0 Å². The summed E-state index contributed by atoms with van der Waals surface area (Å²) in [6, 6.07) is 0.413. The van der Waals surface area contributed by atoms with Crippen LogP contribution < -0.4 is 4.90 Å². The van der Waals surface area contributed by atoms with Crippen LogP contribution >= 0.6 is 0 Å². The fraction of sp³-hybridized carbons (Fsp3) is 0.667. The zero-order valence-electron chi connectivity index (χ0n) is 11.3. The normalized spacial score (nSPS) is 21.3. The lowest BCUT2D eigenvalue weighted by Gasteiger charge is -2.38. The van der Waals surface area contributed by atoms with Gasteiger partial charge >= 0.3 is 5.97 Å². The molecule has 1 unspecified atom stereocenters. The lowest BCUT2D eigenvalue weighted by atomic mass is 10.1. The van der Waals surface area contributed by atoms with Crippen molar-refractivity contribution in [1.82, 2.24) is 14.7 Å². The molecule has 1 atom stereocenters. The Balaban J connectivity index is 2.36. The Bertz CT molecular complexity index is 469. The maximum atomic E-state index is 11.4. The molecule has 0 aliphatic carbocycles. The number of piperazine rings is 1. The van der Waals surface area contributed by atoms with E-state index in [9.17, 15) is 9.90 Å². The Kier molecular flexibility index (Phi) is 3.30. The van der Waals surface area contributed by atoms with Gasteiger partial charge in [0.2, 0.25) is 0 Å². The zero-order chi connectivity index (χ0) is 13.4. The van der Waals surface area contributed by atoms with Gasteiger partial charge in [0.05, 0.1) is 5.69 Å². The lowest BCUT2D eigenvalue weighted by molar-refractivity contribution is 0.0696. The molecule has 0 spiro atoms. The number of aromatic carboxylic acids is 1. The third-order valence-corrected chi connectivity index (χ3v) is 3.67. The third-order valence-electron chi connectivity index (χ3n) is 3.67.